The number of hydrogen-bond donors (Lipinski definition) is 1. The molecule has 0 spiro atoms. The largest absolute Gasteiger partial charge is 0.465 e. The van der Waals surface area contributed by atoms with Crippen molar-refractivity contribution in [2.45, 2.75) is 11.8 Å². The molecule has 6 nitrogen and oxygen atoms in total. The highest BCUT2D eigenvalue weighted by Gasteiger charge is 2.10. The molecule has 0 saturated carbocycles. The topological polar surface area (TPSA) is 89.5 Å². The van der Waals surface area contributed by atoms with Gasteiger partial charge < -0.3 is 10.1 Å². The molecule has 0 fully saturated rings. The van der Waals surface area contributed by atoms with Crippen LogP contribution in [0.15, 0.2) is 29.2 Å². The first kappa shape index (κ1) is 17.5. The first-order valence-electron chi connectivity index (χ1n) is 6.16. The third-order valence-electron chi connectivity index (χ3n) is 2.30. The zero-order chi connectivity index (χ0) is 15.9. The fourth-order valence-corrected chi connectivity index (χ4v) is 2.71. The van der Waals surface area contributed by atoms with Crippen molar-refractivity contribution in [2.75, 3.05) is 29.7 Å². The first-order valence-corrected chi connectivity index (χ1v) is 9.21. The average molecular weight is 331 g/mol. The van der Waals surface area contributed by atoms with Crippen molar-refractivity contribution >= 4 is 39.2 Å². The summed E-state index contributed by atoms with van der Waals surface area (Å²) >= 11 is 1.13. The van der Waals surface area contributed by atoms with E-state index in [9.17, 15) is 18.0 Å². The molecule has 0 atom stereocenters. The minimum atomic E-state index is -3.31. The van der Waals surface area contributed by atoms with Gasteiger partial charge in [-0.15, -0.1) is 11.8 Å². The Morgan fingerprint density at radius 3 is 2.62 bits per heavy atom. The molecule has 0 aliphatic carbocycles. The van der Waals surface area contributed by atoms with Gasteiger partial charge in [0.25, 0.3) is 0 Å². The van der Waals surface area contributed by atoms with E-state index in [1.54, 1.807) is 19.1 Å². The zero-order valence-electron chi connectivity index (χ0n) is 11.8. The molecule has 0 bridgehead atoms. The van der Waals surface area contributed by atoms with E-state index in [2.05, 4.69) is 5.32 Å². The Hall–Kier alpha value is -1.54. The summed E-state index contributed by atoms with van der Waals surface area (Å²) in [5.41, 5.74) is 0.402. The van der Waals surface area contributed by atoms with Crippen molar-refractivity contribution in [1.82, 2.24) is 0 Å². The number of carbonyl (C=O) groups excluding carboxylic acids is 2. The van der Waals surface area contributed by atoms with Gasteiger partial charge in [-0.25, -0.2) is 8.42 Å². The second kappa shape index (κ2) is 8.04. The molecule has 116 valence electrons. The quantitative estimate of drug-likeness (QED) is 0.758. The number of carbonyl (C=O) groups is 2. The molecular formula is C13H17NO5S2. The number of nitrogens with one attached hydrogen (secondary N) is 1. The van der Waals surface area contributed by atoms with Crippen LogP contribution < -0.4 is 5.32 Å². The van der Waals surface area contributed by atoms with Crippen LogP contribution in [-0.2, 0) is 24.2 Å². The molecule has 0 unspecified atom stereocenters. The maximum atomic E-state index is 11.7. The van der Waals surface area contributed by atoms with Crippen molar-refractivity contribution in [3.63, 3.8) is 0 Å². The number of rotatable bonds is 7. The van der Waals surface area contributed by atoms with Crippen molar-refractivity contribution < 1.29 is 22.7 Å². The van der Waals surface area contributed by atoms with Gasteiger partial charge >= 0.3 is 5.97 Å². The molecule has 1 N–H and O–H groups in total. The smallest absolute Gasteiger partial charge is 0.315 e. The minimum absolute atomic E-state index is 0.0852. The van der Waals surface area contributed by atoms with Crippen LogP contribution >= 0.6 is 11.8 Å². The summed E-state index contributed by atoms with van der Waals surface area (Å²) in [5, 5.41) is 2.58. The molecule has 8 heteroatoms. The van der Waals surface area contributed by atoms with Gasteiger partial charge in [0.1, 0.15) is 0 Å². The molecule has 21 heavy (non-hydrogen) atoms. The third kappa shape index (κ3) is 6.63. The molecule has 0 saturated heterocycles. The maximum Gasteiger partial charge on any atom is 0.315 e. The van der Waals surface area contributed by atoms with Crippen LogP contribution in [0.4, 0.5) is 5.69 Å². The fourth-order valence-electron chi connectivity index (χ4n) is 1.43. The lowest BCUT2D eigenvalue weighted by molar-refractivity contribution is -0.139. The van der Waals surface area contributed by atoms with E-state index in [-0.39, 0.29) is 28.3 Å². The zero-order valence-corrected chi connectivity index (χ0v) is 13.4. The fraction of sp³-hybridized carbons (Fsp3) is 0.385. The summed E-state index contributed by atoms with van der Waals surface area (Å²) in [6, 6.07) is 6.00. The number of ether oxygens (including phenoxy) is 1. The number of amides is 1. The van der Waals surface area contributed by atoms with Gasteiger partial charge in [0.15, 0.2) is 9.84 Å². The van der Waals surface area contributed by atoms with Crippen LogP contribution in [-0.4, -0.2) is 44.7 Å². The van der Waals surface area contributed by atoms with E-state index < -0.39 is 9.84 Å². The Balaban J connectivity index is 2.50. The predicted octanol–water partition coefficient (Wildman–Crippen LogP) is 1.32. The molecule has 0 heterocycles. The summed E-state index contributed by atoms with van der Waals surface area (Å²) in [7, 11) is -3.31. The number of esters is 1. The Morgan fingerprint density at radius 2 is 2.00 bits per heavy atom. The average Bonchev–Trinajstić information content (AvgIpc) is 2.38. The SMILES string of the molecule is CCOC(=O)CSCC(=O)Nc1cccc(S(C)(=O)=O)c1. The minimum Gasteiger partial charge on any atom is -0.465 e. The van der Waals surface area contributed by atoms with Gasteiger partial charge in [-0.3, -0.25) is 9.59 Å². The van der Waals surface area contributed by atoms with Gasteiger partial charge in [0.2, 0.25) is 5.91 Å². The standard InChI is InChI=1S/C13H17NO5S2/c1-3-19-13(16)9-20-8-12(15)14-10-5-4-6-11(7-10)21(2,17)18/h4-7H,3,8-9H2,1-2H3,(H,14,15). The number of benzene rings is 1. The lowest BCUT2D eigenvalue weighted by Gasteiger charge is -2.06. The summed E-state index contributed by atoms with van der Waals surface area (Å²) in [5.74, 6) is -0.489. The summed E-state index contributed by atoms with van der Waals surface area (Å²) in [4.78, 5) is 22.9. The van der Waals surface area contributed by atoms with E-state index in [4.69, 9.17) is 4.74 Å². The Bertz CT molecular complexity index is 613. The van der Waals surface area contributed by atoms with E-state index in [1.807, 2.05) is 0 Å². The molecule has 0 aliphatic rings. The van der Waals surface area contributed by atoms with Gasteiger partial charge in [0.05, 0.1) is 23.0 Å². The maximum absolute atomic E-state index is 11.7. The van der Waals surface area contributed by atoms with Crippen molar-refractivity contribution in [3.8, 4) is 0 Å². The summed E-state index contributed by atoms with van der Waals surface area (Å²) in [6.07, 6.45) is 1.10. The second-order valence-electron chi connectivity index (χ2n) is 4.15. The Labute approximate surface area is 128 Å². The molecule has 0 aliphatic heterocycles. The van der Waals surface area contributed by atoms with Crippen molar-refractivity contribution in [3.05, 3.63) is 24.3 Å². The van der Waals surface area contributed by atoms with E-state index >= 15 is 0 Å². The Kier molecular flexibility index (Phi) is 6.70. The lowest BCUT2D eigenvalue weighted by atomic mass is 10.3. The lowest BCUT2D eigenvalue weighted by Crippen LogP contribution is -2.16. The highest BCUT2D eigenvalue weighted by molar-refractivity contribution is 8.00. The van der Waals surface area contributed by atoms with Crippen molar-refractivity contribution in [1.29, 1.82) is 0 Å². The monoisotopic (exact) mass is 331 g/mol. The Morgan fingerprint density at radius 1 is 1.29 bits per heavy atom. The second-order valence-corrected chi connectivity index (χ2v) is 7.15. The van der Waals surface area contributed by atoms with Crippen LogP contribution in [0.25, 0.3) is 0 Å². The van der Waals surface area contributed by atoms with Gasteiger partial charge in [-0.2, -0.15) is 0 Å². The van der Waals surface area contributed by atoms with Crippen molar-refractivity contribution in [2.24, 2.45) is 0 Å². The molecule has 1 rings (SSSR count). The molecule has 0 aromatic heterocycles. The van der Waals surface area contributed by atoms with E-state index in [1.165, 1.54) is 12.1 Å². The highest BCUT2D eigenvalue weighted by atomic mass is 32.2. The molecule has 1 aromatic rings. The van der Waals surface area contributed by atoms with Crippen LogP contribution in [0.1, 0.15) is 6.92 Å². The molecular weight excluding hydrogens is 314 g/mol. The van der Waals surface area contributed by atoms with Gasteiger partial charge in [-0.1, -0.05) is 6.07 Å². The van der Waals surface area contributed by atoms with E-state index in [0.717, 1.165) is 18.0 Å². The summed E-state index contributed by atoms with van der Waals surface area (Å²) in [6.45, 7) is 2.02. The summed E-state index contributed by atoms with van der Waals surface area (Å²) < 4.78 is 27.6. The number of anilines is 1. The number of thioether (sulfide) groups is 1. The third-order valence-corrected chi connectivity index (χ3v) is 4.32. The predicted molar refractivity (Wildman–Crippen MR) is 82.1 cm³/mol. The van der Waals surface area contributed by atoms with Crippen LogP contribution in [0.3, 0.4) is 0 Å². The van der Waals surface area contributed by atoms with Gasteiger partial charge in [-0.05, 0) is 25.1 Å². The van der Waals surface area contributed by atoms with Crippen LogP contribution in [0.2, 0.25) is 0 Å². The molecule has 1 aromatic carbocycles. The molecule has 0 radical (unpaired) electrons. The number of sulfone groups is 1. The first-order chi connectivity index (χ1) is 9.82. The number of hydrogen-bond acceptors (Lipinski definition) is 6. The van der Waals surface area contributed by atoms with E-state index in [0.29, 0.717) is 12.3 Å². The van der Waals surface area contributed by atoms with Gasteiger partial charge in [0, 0.05) is 11.9 Å². The normalized spacial score (nSPS) is 11.0. The van der Waals surface area contributed by atoms with Crippen LogP contribution in [0.5, 0.6) is 0 Å². The highest BCUT2D eigenvalue weighted by Crippen LogP contribution is 2.15. The van der Waals surface area contributed by atoms with Crippen LogP contribution in [0, 0.1) is 0 Å². The molecule has 1 amide bonds.